The summed E-state index contributed by atoms with van der Waals surface area (Å²) in [5.41, 5.74) is 2.10. The van der Waals surface area contributed by atoms with Gasteiger partial charge in [0, 0.05) is 7.05 Å². The Morgan fingerprint density at radius 2 is 1.50 bits per heavy atom. The monoisotopic (exact) mass is 373 g/mol. The molecule has 0 saturated carbocycles. The molecule has 130 valence electrons. The van der Waals surface area contributed by atoms with Crippen molar-refractivity contribution in [1.29, 1.82) is 0 Å². The third-order valence-electron chi connectivity index (χ3n) is 3.53. The van der Waals surface area contributed by atoms with Crippen molar-refractivity contribution in [2.75, 3.05) is 11.4 Å². The van der Waals surface area contributed by atoms with E-state index in [2.05, 4.69) is 4.18 Å². The summed E-state index contributed by atoms with van der Waals surface area (Å²) in [7, 11) is -7.53. The summed E-state index contributed by atoms with van der Waals surface area (Å²) in [4.78, 5) is 0.139. The maximum atomic E-state index is 12.6. The number of rotatable bonds is 5. The molecule has 9 heteroatoms. The molecule has 0 aliphatic carbocycles. The molecule has 2 aromatic carbocycles. The zero-order chi connectivity index (χ0) is 18.1. The normalized spacial score (nSPS) is 12.0. The first-order valence-electron chi connectivity index (χ1n) is 6.81. The van der Waals surface area contributed by atoms with Crippen molar-refractivity contribution in [3.05, 3.63) is 53.6 Å². The van der Waals surface area contributed by atoms with Crippen LogP contribution >= 0.6 is 0 Å². The molecule has 0 bridgehead atoms. The first-order valence-corrected chi connectivity index (χ1v) is 9.56. The molecule has 0 amide bonds. The second-order valence-electron chi connectivity index (χ2n) is 5.19. The van der Waals surface area contributed by atoms with Gasteiger partial charge < -0.3 is 4.18 Å². The third-order valence-corrected chi connectivity index (χ3v) is 5.71. The maximum absolute atomic E-state index is 12.6. The number of hydrogen-bond donors (Lipinski definition) is 0. The Morgan fingerprint density at radius 3 is 2.00 bits per heavy atom. The van der Waals surface area contributed by atoms with E-state index in [4.69, 9.17) is 0 Å². The van der Waals surface area contributed by atoms with Crippen LogP contribution in [0.5, 0.6) is 5.75 Å². The highest BCUT2D eigenvalue weighted by Gasteiger charge is 2.22. The van der Waals surface area contributed by atoms with Gasteiger partial charge in [0.2, 0.25) is 0 Å². The summed E-state index contributed by atoms with van der Waals surface area (Å²) in [6.45, 7) is 3.70. The van der Waals surface area contributed by atoms with Crippen molar-refractivity contribution >= 4 is 26.2 Å². The number of benzene rings is 2. The highest BCUT2D eigenvalue weighted by atomic mass is 32.3. The number of anilines is 1. The zero-order valence-electron chi connectivity index (χ0n) is 13.2. The van der Waals surface area contributed by atoms with Crippen LogP contribution < -0.4 is 8.49 Å². The van der Waals surface area contributed by atoms with E-state index in [0.717, 1.165) is 15.4 Å². The summed E-state index contributed by atoms with van der Waals surface area (Å²) in [5, 5.41) is 0. The molecule has 0 atom stereocenters. The van der Waals surface area contributed by atoms with Gasteiger partial charge in [-0.05, 0) is 61.4 Å². The van der Waals surface area contributed by atoms with Gasteiger partial charge in [0.15, 0.2) is 0 Å². The Hall–Kier alpha value is -2.13. The van der Waals surface area contributed by atoms with Crippen LogP contribution in [0.1, 0.15) is 11.1 Å². The van der Waals surface area contributed by atoms with E-state index in [1.807, 2.05) is 13.8 Å². The van der Waals surface area contributed by atoms with E-state index in [0.29, 0.717) is 0 Å². The fourth-order valence-electron chi connectivity index (χ4n) is 2.00. The van der Waals surface area contributed by atoms with E-state index >= 15 is 0 Å². The minimum atomic E-state index is -5.12. The summed E-state index contributed by atoms with van der Waals surface area (Å²) in [6.07, 6.45) is 0. The van der Waals surface area contributed by atoms with Gasteiger partial charge in [0.05, 0.1) is 10.6 Å². The lowest BCUT2D eigenvalue weighted by atomic mass is 10.1. The largest absolute Gasteiger partial charge is 0.488 e. The van der Waals surface area contributed by atoms with Gasteiger partial charge in [-0.2, -0.15) is 8.42 Å². The first kappa shape index (κ1) is 18.2. The molecule has 2 rings (SSSR count). The molecule has 0 unspecified atom stereocenters. The van der Waals surface area contributed by atoms with Crippen LogP contribution in [0.4, 0.5) is 9.57 Å². The van der Waals surface area contributed by atoms with Gasteiger partial charge in [-0.25, -0.2) is 8.42 Å². The Kier molecular flexibility index (Phi) is 4.86. The maximum Gasteiger partial charge on any atom is 0.488 e. The zero-order valence-corrected chi connectivity index (χ0v) is 14.9. The van der Waals surface area contributed by atoms with Crippen LogP contribution in [0, 0.1) is 13.8 Å². The van der Waals surface area contributed by atoms with Crippen molar-refractivity contribution in [3.63, 3.8) is 0 Å². The molecular formula is C15H16FNO5S2. The molecule has 0 aromatic heterocycles. The van der Waals surface area contributed by atoms with Crippen molar-refractivity contribution in [2.24, 2.45) is 0 Å². The summed E-state index contributed by atoms with van der Waals surface area (Å²) >= 11 is 0. The third kappa shape index (κ3) is 4.04. The molecular weight excluding hydrogens is 357 g/mol. The van der Waals surface area contributed by atoms with E-state index in [-0.39, 0.29) is 16.3 Å². The molecule has 0 radical (unpaired) electrons. The molecule has 0 heterocycles. The fraction of sp³-hybridized carbons (Fsp3) is 0.200. The second-order valence-corrected chi connectivity index (χ2v) is 8.11. The highest BCUT2D eigenvalue weighted by Crippen LogP contribution is 2.26. The van der Waals surface area contributed by atoms with Crippen LogP contribution in [-0.4, -0.2) is 23.9 Å². The average molecular weight is 373 g/mol. The van der Waals surface area contributed by atoms with Gasteiger partial charge in [0.25, 0.3) is 10.0 Å². The van der Waals surface area contributed by atoms with Crippen LogP contribution in [0.2, 0.25) is 0 Å². The molecule has 2 aromatic rings. The van der Waals surface area contributed by atoms with E-state index in [1.165, 1.54) is 37.4 Å². The number of halogens is 1. The molecule has 0 aliphatic heterocycles. The van der Waals surface area contributed by atoms with Gasteiger partial charge in [-0.15, -0.1) is 0 Å². The Labute approximate surface area is 141 Å². The Balaban J connectivity index is 2.32. The van der Waals surface area contributed by atoms with E-state index in [9.17, 15) is 20.7 Å². The molecule has 0 saturated heterocycles. The molecule has 0 N–H and O–H groups in total. The van der Waals surface area contributed by atoms with Crippen LogP contribution in [0.3, 0.4) is 0 Å². The van der Waals surface area contributed by atoms with Crippen molar-refractivity contribution in [2.45, 2.75) is 18.7 Å². The number of hydrogen-bond acceptors (Lipinski definition) is 5. The van der Waals surface area contributed by atoms with Gasteiger partial charge in [-0.1, -0.05) is 9.95 Å². The fourth-order valence-corrected chi connectivity index (χ4v) is 3.62. The van der Waals surface area contributed by atoms with Crippen molar-refractivity contribution in [3.8, 4) is 5.75 Å². The Morgan fingerprint density at radius 1 is 0.917 bits per heavy atom. The average Bonchev–Trinajstić information content (AvgIpc) is 2.48. The van der Waals surface area contributed by atoms with Crippen LogP contribution in [0.25, 0.3) is 0 Å². The highest BCUT2D eigenvalue weighted by molar-refractivity contribution is 7.92. The van der Waals surface area contributed by atoms with Gasteiger partial charge >= 0.3 is 10.5 Å². The van der Waals surface area contributed by atoms with Gasteiger partial charge in [-0.3, -0.25) is 4.31 Å². The minimum Gasteiger partial charge on any atom is -0.358 e. The predicted octanol–water partition coefficient (Wildman–Crippen LogP) is 2.72. The van der Waals surface area contributed by atoms with Crippen molar-refractivity contribution < 1.29 is 24.9 Å². The molecule has 0 spiro atoms. The van der Waals surface area contributed by atoms with Crippen LogP contribution in [-0.2, 0) is 20.5 Å². The summed E-state index contributed by atoms with van der Waals surface area (Å²) < 4.78 is 63.7. The summed E-state index contributed by atoms with van der Waals surface area (Å²) in [5.74, 6) is -0.252. The topological polar surface area (TPSA) is 80.8 Å². The summed E-state index contributed by atoms with van der Waals surface area (Å²) in [6, 6.07) is 9.78. The smallest absolute Gasteiger partial charge is 0.358 e. The standard InChI is InChI=1S/C15H16FNO5S2/c1-11-4-9-15(10-12(11)2)23(18,19)17(3)13-5-7-14(8-6-13)22-24(16,20)21/h4-10H,1-3H3. The lowest BCUT2D eigenvalue weighted by Gasteiger charge is -2.20. The predicted molar refractivity (Wildman–Crippen MR) is 88.6 cm³/mol. The second kappa shape index (κ2) is 6.40. The molecule has 6 nitrogen and oxygen atoms in total. The van der Waals surface area contributed by atoms with Gasteiger partial charge in [0.1, 0.15) is 5.75 Å². The SMILES string of the molecule is Cc1ccc(S(=O)(=O)N(C)c2ccc(OS(=O)(=O)F)cc2)cc1C. The number of aryl methyl sites for hydroxylation is 2. The lowest BCUT2D eigenvalue weighted by Crippen LogP contribution is -2.26. The molecule has 24 heavy (non-hydrogen) atoms. The number of nitrogens with zero attached hydrogens (tertiary/aromatic N) is 1. The molecule has 0 fully saturated rings. The first-order chi connectivity index (χ1) is 11.0. The van der Waals surface area contributed by atoms with Crippen molar-refractivity contribution in [1.82, 2.24) is 0 Å². The molecule has 0 aliphatic rings. The minimum absolute atomic E-state index is 0.139. The van der Waals surface area contributed by atoms with Crippen LogP contribution in [0.15, 0.2) is 47.4 Å². The van der Waals surface area contributed by atoms with E-state index in [1.54, 1.807) is 12.1 Å². The lowest BCUT2D eigenvalue weighted by molar-refractivity contribution is 0.440. The quantitative estimate of drug-likeness (QED) is 0.753. The number of sulfonamides is 1. The van der Waals surface area contributed by atoms with E-state index < -0.39 is 20.5 Å². The Bertz CT molecular complexity index is 954.